The third kappa shape index (κ3) is 5.17. The van der Waals surface area contributed by atoms with Crippen LogP contribution >= 0.6 is 0 Å². The molecule has 0 bridgehead atoms. The van der Waals surface area contributed by atoms with E-state index >= 15 is 0 Å². The first-order valence-electron chi connectivity index (χ1n) is 7.36. The molecule has 0 atom stereocenters. The first-order valence-corrected chi connectivity index (χ1v) is 8.90. The van der Waals surface area contributed by atoms with E-state index in [2.05, 4.69) is 5.10 Å². The maximum absolute atomic E-state index is 12.5. The first-order chi connectivity index (χ1) is 12.1. The Kier molecular flexibility index (Phi) is 5.83. The molecule has 2 N–H and O–H groups in total. The smallest absolute Gasteiger partial charge is 0.240 e. The van der Waals surface area contributed by atoms with E-state index in [9.17, 15) is 21.6 Å². The van der Waals surface area contributed by atoms with E-state index in [-0.39, 0.29) is 4.90 Å². The van der Waals surface area contributed by atoms with Crippen LogP contribution in [0.5, 0.6) is 0 Å². The summed E-state index contributed by atoms with van der Waals surface area (Å²) in [5, 5.41) is 8.39. The topological polar surface area (TPSA) is 78.0 Å². The van der Waals surface area contributed by atoms with Crippen LogP contribution < -0.4 is 5.14 Å². The molecule has 138 valence electrons. The molecule has 1 heterocycles. The number of rotatable bonds is 2. The van der Waals surface area contributed by atoms with Crippen LogP contribution in [0.2, 0.25) is 0 Å². The van der Waals surface area contributed by atoms with Gasteiger partial charge in [0, 0.05) is 6.20 Å². The van der Waals surface area contributed by atoms with Gasteiger partial charge in [-0.05, 0) is 36.8 Å². The van der Waals surface area contributed by atoms with Crippen LogP contribution in [0.15, 0.2) is 71.8 Å². The van der Waals surface area contributed by atoms with Crippen LogP contribution in [0.4, 0.5) is 13.2 Å². The van der Waals surface area contributed by atoms with Crippen molar-refractivity contribution in [3.8, 4) is 5.69 Å². The molecule has 0 aliphatic carbocycles. The Morgan fingerprint density at radius 1 is 1.00 bits per heavy atom. The van der Waals surface area contributed by atoms with Crippen molar-refractivity contribution in [2.45, 2.75) is 18.0 Å². The van der Waals surface area contributed by atoms with E-state index < -0.39 is 21.9 Å². The van der Waals surface area contributed by atoms with Gasteiger partial charge in [-0.25, -0.2) is 18.2 Å². The minimum atomic E-state index is -4.53. The molecule has 3 aromatic rings. The molecule has 5 nitrogen and oxygen atoms in total. The average Bonchev–Trinajstić information content (AvgIpc) is 3.06. The molecule has 9 heteroatoms. The lowest BCUT2D eigenvalue weighted by molar-refractivity contribution is -0.141. The van der Waals surface area contributed by atoms with Gasteiger partial charge in [-0.1, -0.05) is 36.4 Å². The number of nitrogens with zero attached hydrogens (tertiary/aromatic N) is 2. The number of benzene rings is 2. The van der Waals surface area contributed by atoms with Crippen molar-refractivity contribution in [1.29, 1.82) is 0 Å². The van der Waals surface area contributed by atoms with Gasteiger partial charge in [0.2, 0.25) is 10.0 Å². The van der Waals surface area contributed by atoms with Crippen molar-refractivity contribution in [2.24, 2.45) is 5.14 Å². The van der Waals surface area contributed by atoms with Gasteiger partial charge in [0.25, 0.3) is 0 Å². The van der Waals surface area contributed by atoms with Gasteiger partial charge in [-0.2, -0.15) is 18.3 Å². The SMILES string of the molecule is Cc1cc(S(N)(=O)=O)ccc1-n1ccc(C(F)(F)F)n1.c1ccccc1. The lowest BCUT2D eigenvalue weighted by atomic mass is 10.2. The molecule has 0 radical (unpaired) electrons. The quantitative estimate of drug-likeness (QED) is 0.735. The monoisotopic (exact) mass is 383 g/mol. The second-order valence-electron chi connectivity index (χ2n) is 5.29. The van der Waals surface area contributed by atoms with Gasteiger partial charge < -0.3 is 0 Å². The molecule has 0 aliphatic heterocycles. The number of halogens is 3. The summed E-state index contributed by atoms with van der Waals surface area (Å²) in [6.07, 6.45) is -3.37. The molecule has 0 amide bonds. The van der Waals surface area contributed by atoms with Crippen molar-refractivity contribution in [3.05, 3.63) is 78.1 Å². The van der Waals surface area contributed by atoms with Crippen LogP contribution in [0, 0.1) is 6.92 Å². The van der Waals surface area contributed by atoms with Crippen LogP contribution in [0.1, 0.15) is 11.3 Å². The van der Waals surface area contributed by atoms with E-state index in [1.54, 1.807) is 6.92 Å². The number of sulfonamides is 1. The number of primary sulfonamides is 1. The second-order valence-corrected chi connectivity index (χ2v) is 6.85. The Morgan fingerprint density at radius 3 is 1.92 bits per heavy atom. The Labute approximate surface area is 148 Å². The Hall–Kier alpha value is -2.65. The number of hydrogen-bond donors (Lipinski definition) is 1. The fourth-order valence-corrected chi connectivity index (χ4v) is 2.65. The fraction of sp³-hybridized carbons (Fsp3) is 0.118. The van der Waals surface area contributed by atoms with Crippen molar-refractivity contribution < 1.29 is 21.6 Å². The maximum atomic E-state index is 12.5. The molecule has 1 aromatic heterocycles. The minimum absolute atomic E-state index is 0.109. The van der Waals surface area contributed by atoms with Crippen molar-refractivity contribution in [3.63, 3.8) is 0 Å². The largest absolute Gasteiger partial charge is 0.435 e. The van der Waals surface area contributed by atoms with Crippen LogP contribution in [0.25, 0.3) is 5.69 Å². The highest BCUT2D eigenvalue weighted by atomic mass is 32.2. The molecule has 3 rings (SSSR count). The van der Waals surface area contributed by atoms with Gasteiger partial charge in [-0.15, -0.1) is 0 Å². The van der Waals surface area contributed by atoms with E-state index in [4.69, 9.17) is 5.14 Å². The average molecular weight is 383 g/mol. The molecule has 0 saturated carbocycles. The Bertz CT molecular complexity index is 942. The van der Waals surface area contributed by atoms with E-state index in [0.29, 0.717) is 11.3 Å². The molecule has 0 unspecified atom stereocenters. The zero-order valence-corrected chi connectivity index (χ0v) is 14.5. The number of hydrogen-bond acceptors (Lipinski definition) is 3. The number of nitrogens with two attached hydrogens (primary N) is 1. The lowest BCUT2D eigenvalue weighted by Crippen LogP contribution is -2.13. The fourth-order valence-electron chi connectivity index (χ4n) is 2.06. The second kappa shape index (κ2) is 7.71. The molecular weight excluding hydrogens is 367 g/mol. The van der Waals surface area contributed by atoms with Crippen LogP contribution in [0.3, 0.4) is 0 Å². The predicted molar refractivity (Wildman–Crippen MR) is 91.1 cm³/mol. The van der Waals surface area contributed by atoms with Gasteiger partial charge in [0.1, 0.15) is 0 Å². The van der Waals surface area contributed by atoms with Gasteiger partial charge in [-0.3, -0.25) is 0 Å². The molecule has 0 aliphatic rings. The third-order valence-electron chi connectivity index (χ3n) is 3.29. The summed E-state index contributed by atoms with van der Waals surface area (Å²) >= 11 is 0. The summed E-state index contributed by atoms with van der Waals surface area (Å²) in [7, 11) is -3.85. The van der Waals surface area contributed by atoms with Crippen LogP contribution in [-0.4, -0.2) is 18.2 Å². The minimum Gasteiger partial charge on any atom is -0.240 e. The molecule has 0 spiro atoms. The molecular formula is C17H16F3N3O2S. The summed E-state index contributed by atoms with van der Waals surface area (Å²) < 4.78 is 60.8. The number of alkyl halides is 3. The van der Waals surface area contributed by atoms with E-state index in [1.165, 1.54) is 18.2 Å². The maximum Gasteiger partial charge on any atom is 0.435 e. The molecule has 0 fully saturated rings. The van der Waals surface area contributed by atoms with Crippen LogP contribution in [-0.2, 0) is 16.2 Å². The molecule has 0 saturated heterocycles. The van der Waals surface area contributed by atoms with Gasteiger partial charge >= 0.3 is 6.18 Å². The zero-order valence-electron chi connectivity index (χ0n) is 13.7. The summed E-state index contributed by atoms with van der Waals surface area (Å²) in [5.74, 6) is 0. The Balaban J connectivity index is 0.000000342. The standard InChI is InChI=1S/C11H10F3N3O2S.C6H6/c1-7-6-8(20(15,18)19)2-3-9(7)17-5-4-10(16-17)11(12,13)14;1-2-4-6-5-3-1/h2-6H,1H3,(H2,15,18,19);1-6H. The van der Waals surface area contributed by atoms with Gasteiger partial charge in [0.15, 0.2) is 5.69 Å². The molecule has 26 heavy (non-hydrogen) atoms. The summed E-state index contributed by atoms with van der Waals surface area (Å²) in [6, 6.07) is 16.7. The lowest BCUT2D eigenvalue weighted by Gasteiger charge is -2.08. The highest BCUT2D eigenvalue weighted by molar-refractivity contribution is 7.89. The van der Waals surface area contributed by atoms with Crippen molar-refractivity contribution in [1.82, 2.24) is 9.78 Å². The first kappa shape index (κ1) is 19.7. The normalized spacial score (nSPS) is 11.6. The number of aromatic nitrogens is 2. The van der Waals surface area contributed by atoms with Gasteiger partial charge in [0.05, 0.1) is 10.6 Å². The van der Waals surface area contributed by atoms with Crippen molar-refractivity contribution in [2.75, 3.05) is 0 Å². The zero-order chi connectivity index (χ0) is 19.4. The van der Waals surface area contributed by atoms with E-state index in [0.717, 1.165) is 16.9 Å². The summed E-state index contributed by atoms with van der Waals surface area (Å²) in [6.45, 7) is 1.55. The predicted octanol–water partition coefficient (Wildman–Crippen LogP) is 3.53. The summed E-state index contributed by atoms with van der Waals surface area (Å²) in [4.78, 5) is -0.109. The van der Waals surface area contributed by atoms with Crippen molar-refractivity contribution >= 4 is 10.0 Å². The highest BCUT2D eigenvalue weighted by Gasteiger charge is 2.33. The molecule has 2 aromatic carbocycles. The van der Waals surface area contributed by atoms with E-state index in [1.807, 2.05) is 36.4 Å². The number of aryl methyl sites for hydroxylation is 1. The highest BCUT2D eigenvalue weighted by Crippen LogP contribution is 2.28. The third-order valence-corrected chi connectivity index (χ3v) is 4.20. The Morgan fingerprint density at radius 2 is 1.54 bits per heavy atom. The summed E-state index contributed by atoms with van der Waals surface area (Å²) in [5.41, 5.74) is -0.242.